The van der Waals surface area contributed by atoms with E-state index in [0.717, 1.165) is 0 Å². The van der Waals surface area contributed by atoms with E-state index >= 15 is 0 Å². The summed E-state index contributed by atoms with van der Waals surface area (Å²) in [5, 5.41) is 10.5. The molecular formula is C29H30N2O7S. The molecule has 0 unspecified atom stereocenters. The number of nitrogens with zero attached hydrogens (tertiary/aromatic N) is 2. The van der Waals surface area contributed by atoms with Crippen molar-refractivity contribution in [1.82, 2.24) is 4.57 Å². The van der Waals surface area contributed by atoms with E-state index in [4.69, 9.17) is 18.9 Å². The molecule has 2 heterocycles. The predicted molar refractivity (Wildman–Crippen MR) is 149 cm³/mol. The van der Waals surface area contributed by atoms with Gasteiger partial charge in [-0.25, -0.2) is 9.79 Å². The van der Waals surface area contributed by atoms with Crippen molar-refractivity contribution in [3.05, 3.63) is 90.6 Å². The van der Waals surface area contributed by atoms with Gasteiger partial charge in [-0.15, -0.1) is 6.58 Å². The van der Waals surface area contributed by atoms with Gasteiger partial charge in [-0.2, -0.15) is 0 Å². The molecule has 0 bridgehead atoms. The number of thiazole rings is 1. The summed E-state index contributed by atoms with van der Waals surface area (Å²) >= 11 is 1.20. The van der Waals surface area contributed by atoms with Crippen LogP contribution in [0.25, 0.3) is 6.08 Å². The molecular weight excluding hydrogens is 520 g/mol. The standard InChI is InChI=1S/C29H30N2O7S/c1-7-9-19-12-17(13-22(37-6)26(19)32)14-23-27(33)31-25(18-10-11-20(35-4)21(15-18)36-5)24(28(34)38-8-2)16(3)30-29(31)39-23/h7,10-15,25,32H,1,8-9H2,2-6H3/t25-/m1/s1. The molecule has 1 N–H and O–H groups in total. The topological polar surface area (TPSA) is 109 Å². The second kappa shape index (κ2) is 11.6. The van der Waals surface area contributed by atoms with Gasteiger partial charge in [0, 0.05) is 5.56 Å². The third kappa shape index (κ3) is 5.20. The second-order valence-corrected chi connectivity index (χ2v) is 9.65. The maximum Gasteiger partial charge on any atom is 0.338 e. The van der Waals surface area contributed by atoms with Crippen LogP contribution in [0.2, 0.25) is 0 Å². The van der Waals surface area contributed by atoms with E-state index in [1.54, 1.807) is 56.3 Å². The molecule has 1 atom stereocenters. The summed E-state index contributed by atoms with van der Waals surface area (Å²) in [5.74, 6) is 0.742. The first-order chi connectivity index (χ1) is 18.8. The SMILES string of the molecule is C=CCc1cc(C=c2sc3n(c2=O)[C@H](c2ccc(OC)c(OC)c2)C(C(=O)OCC)=C(C)N=3)cc(OC)c1O. The Morgan fingerprint density at radius 3 is 2.49 bits per heavy atom. The van der Waals surface area contributed by atoms with Crippen LogP contribution in [-0.4, -0.2) is 43.6 Å². The Labute approximate surface area is 229 Å². The number of carbonyl (C=O) groups excluding carboxylic acids is 1. The zero-order valence-electron chi connectivity index (χ0n) is 22.4. The number of hydrogen-bond acceptors (Lipinski definition) is 9. The van der Waals surface area contributed by atoms with Crippen molar-refractivity contribution in [2.45, 2.75) is 26.3 Å². The van der Waals surface area contributed by atoms with E-state index in [1.807, 2.05) is 0 Å². The molecule has 204 valence electrons. The molecule has 1 aromatic heterocycles. The first-order valence-corrected chi connectivity index (χ1v) is 13.0. The summed E-state index contributed by atoms with van der Waals surface area (Å²) < 4.78 is 23.5. The Kier molecular flexibility index (Phi) is 8.25. The van der Waals surface area contributed by atoms with Gasteiger partial charge < -0.3 is 24.1 Å². The molecule has 2 aromatic carbocycles. The number of aromatic hydroxyl groups is 1. The van der Waals surface area contributed by atoms with E-state index in [1.165, 1.54) is 37.2 Å². The Balaban J connectivity index is 1.97. The van der Waals surface area contributed by atoms with Crippen molar-refractivity contribution in [3.63, 3.8) is 0 Å². The minimum atomic E-state index is -0.798. The van der Waals surface area contributed by atoms with Crippen molar-refractivity contribution in [2.24, 2.45) is 4.99 Å². The van der Waals surface area contributed by atoms with E-state index in [9.17, 15) is 14.7 Å². The first kappa shape index (κ1) is 27.7. The Morgan fingerprint density at radius 2 is 1.85 bits per heavy atom. The third-order valence-electron chi connectivity index (χ3n) is 6.30. The van der Waals surface area contributed by atoms with Gasteiger partial charge in [0.2, 0.25) is 0 Å². The van der Waals surface area contributed by atoms with Crippen LogP contribution in [0.4, 0.5) is 0 Å². The number of fused-ring (bicyclic) bond motifs is 1. The maximum atomic E-state index is 13.9. The summed E-state index contributed by atoms with van der Waals surface area (Å²) in [6.45, 7) is 7.37. The Hall–Kier alpha value is -4.31. The Morgan fingerprint density at radius 1 is 1.13 bits per heavy atom. The van der Waals surface area contributed by atoms with Gasteiger partial charge in [0.1, 0.15) is 0 Å². The average Bonchev–Trinajstić information content (AvgIpc) is 3.23. The molecule has 3 aromatic rings. The maximum absolute atomic E-state index is 13.9. The number of phenolic OH excluding ortho intramolecular Hbond substituents is 1. The monoisotopic (exact) mass is 550 g/mol. The summed E-state index contributed by atoms with van der Waals surface area (Å²) in [4.78, 5) is 32.1. The van der Waals surface area contributed by atoms with Crippen molar-refractivity contribution >= 4 is 23.4 Å². The van der Waals surface area contributed by atoms with Crippen LogP contribution in [0.3, 0.4) is 0 Å². The lowest BCUT2D eigenvalue weighted by Gasteiger charge is -2.25. The van der Waals surface area contributed by atoms with Crippen molar-refractivity contribution in [1.29, 1.82) is 0 Å². The van der Waals surface area contributed by atoms with E-state index in [0.29, 0.717) is 49.6 Å². The summed E-state index contributed by atoms with van der Waals surface area (Å²) in [7, 11) is 4.52. The molecule has 0 amide bonds. The molecule has 10 heteroatoms. The van der Waals surface area contributed by atoms with Gasteiger partial charge in [-0.1, -0.05) is 23.5 Å². The minimum absolute atomic E-state index is 0.0270. The lowest BCUT2D eigenvalue weighted by atomic mass is 9.95. The van der Waals surface area contributed by atoms with Crippen LogP contribution in [-0.2, 0) is 16.0 Å². The fraction of sp³-hybridized carbons (Fsp3) is 0.276. The molecule has 0 spiro atoms. The fourth-order valence-electron chi connectivity index (χ4n) is 4.52. The molecule has 1 aliphatic rings. The average molecular weight is 551 g/mol. The van der Waals surface area contributed by atoms with Gasteiger partial charge >= 0.3 is 5.97 Å². The lowest BCUT2D eigenvalue weighted by Crippen LogP contribution is -2.40. The largest absolute Gasteiger partial charge is 0.504 e. The van der Waals surface area contributed by atoms with Crippen LogP contribution in [0.15, 0.2) is 64.0 Å². The van der Waals surface area contributed by atoms with Crippen LogP contribution in [0.1, 0.15) is 36.6 Å². The number of carbonyl (C=O) groups is 1. The highest BCUT2D eigenvalue weighted by Gasteiger charge is 2.34. The lowest BCUT2D eigenvalue weighted by molar-refractivity contribution is -0.139. The van der Waals surface area contributed by atoms with Gasteiger partial charge in [-0.3, -0.25) is 9.36 Å². The van der Waals surface area contributed by atoms with Gasteiger partial charge in [0.25, 0.3) is 5.56 Å². The number of allylic oxidation sites excluding steroid dienone is 2. The number of rotatable bonds is 9. The van der Waals surface area contributed by atoms with Crippen molar-refractivity contribution < 1.29 is 28.8 Å². The molecule has 0 radical (unpaired) electrons. The fourth-order valence-corrected chi connectivity index (χ4v) is 5.57. The van der Waals surface area contributed by atoms with Gasteiger partial charge in [0.05, 0.1) is 49.8 Å². The van der Waals surface area contributed by atoms with E-state index < -0.39 is 12.0 Å². The van der Waals surface area contributed by atoms with Crippen LogP contribution < -0.4 is 29.1 Å². The van der Waals surface area contributed by atoms with Crippen LogP contribution in [0.5, 0.6) is 23.0 Å². The number of ether oxygens (including phenoxy) is 4. The summed E-state index contributed by atoms with van der Waals surface area (Å²) in [6.07, 6.45) is 3.81. The highest BCUT2D eigenvalue weighted by atomic mass is 32.1. The molecule has 0 aliphatic carbocycles. The zero-order valence-corrected chi connectivity index (χ0v) is 23.3. The molecule has 1 aliphatic heterocycles. The van der Waals surface area contributed by atoms with Crippen molar-refractivity contribution in [3.8, 4) is 23.0 Å². The second-order valence-electron chi connectivity index (χ2n) is 8.64. The molecule has 9 nitrogen and oxygen atoms in total. The van der Waals surface area contributed by atoms with E-state index in [2.05, 4.69) is 11.6 Å². The number of methoxy groups -OCH3 is 3. The molecule has 0 saturated carbocycles. The smallest absolute Gasteiger partial charge is 0.338 e. The zero-order chi connectivity index (χ0) is 28.3. The van der Waals surface area contributed by atoms with Gasteiger partial charge in [-0.05, 0) is 61.7 Å². The number of phenols is 1. The molecule has 4 rings (SSSR count). The molecule has 0 fully saturated rings. The third-order valence-corrected chi connectivity index (χ3v) is 7.28. The quantitative estimate of drug-likeness (QED) is 0.322. The number of esters is 1. The summed E-state index contributed by atoms with van der Waals surface area (Å²) in [5.41, 5.74) is 2.31. The minimum Gasteiger partial charge on any atom is -0.504 e. The normalized spacial score (nSPS) is 14.9. The van der Waals surface area contributed by atoms with Gasteiger partial charge in [0.15, 0.2) is 27.8 Å². The van der Waals surface area contributed by atoms with E-state index in [-0.39, 0.29) is 29.2 Å². The highest BCUT2D eigenvalue weighted by Crippen LogP contribution is 2.36. The Bertz CT molecular complexity index is 1650. The molecule has 39 heavy (non-hydrogen) atoms. The summed E-state index contributed by atoms with van der Waals surface area (Å²) in [6, 6.07) is 7.89. The molecule has 0 saturated heterocycles. The number of hydrogen-bond donors (Lipinski definition) is 1. The van der Waals surface area contributed by atoms with Crippen LogP contribution in [0, 0.1) is 0 Å². The van der Waals surface area contributed by atoms with Crippen LogP contribution >= 0.6 is 11.3 Å². The van der Waals surface area contributed by atoms with Crippen molar-refractivity contribution in [2.75, 3.05) is 27.9 Å². The predicted octanol–water partition coefficient (Wildman–Crippen LogP) is 3.26. The highest BCUT2D eigenvalue weighted by molar-refractivity contribution is 7.07. The number of benzene rings is 2. The first-order valence-electron chi connectivity index (χ1n) is 12.2. The number of aromatic nitrogens is 1.